The summed E-state index contributed by atoms with van der Waals surface area (Å²) in [6.45, 7) is -0.447. The number of ether oxygens (including phenoxy) is 2. The van der Waals surface area contributed by atoms with Crippen LogP contribution in [0.25, 0.3) is 21.9 Å². The Balaban J connectivity index is 1.86. The van der Waals surface area contributed by atoms with Crippen LogP contribution in [0.15, 0.2) is 70.8 Å². The number of halogens is 3. The van der Waals surface area contributed by atoms with Gasteiger partial charge in [0, 0.05) is 27.8 Å². The highest BCUT2D eigenvalue weighted by Gasteiger charge is 2.42. The minimum absolute atomic E-state index is 0.0838. The summed E-state index contributed by atoms with van der Waals surface area (Å²) in [6.07, 6.45) is -6.79. The lowest BCUT2D eigenvalue weighted by atomic mass is 9.96. The van der Waals surface area contributed by atoms with Crippen LogP contribution in [0.5, 0.6) is 5.75 Å². The lowest BCUT2D eigenvalue weighted by molar-refractivity contribution is -0.207. The van der Waals surface area contributed by atoms with Crippen molar-refractivity contribution in [2.45, 2.75) is 25.5 Å². The van der Waals surface area contributed by atoms with Crippen LogP contribution in [0.4, 0.5) is 13.2 Å². The largest absolute Gasteiger partial charge is 0.497 e. The minimum Gasteiger partial charge on any atom is -0.497 e. The number of thiophene rings is 1. The van der Waals surface area contributed by atoms with E-state index in [1.54, 1.807) is 60.0 Å². The first-order chi connectivity index (χ1) is 17.7. The molecule has 1 atom stereocenters. The quantitative estimate of drug-likeness (QED) is 0.261. The predicted octanol–water partition coefficient (Wildman–Crippen LogP) is 4.83. The zero-order valence-electron chi connectivity index (χ0n) is 19.4. The SMILES string of the molecule is COc1ccc2c(=O)n(CC(NCc3cccs3)OC(=O)C(F)(F)F)c(C#N)c(-c3ccccc3)c2c1. The number of fused-ring (bicyclic) bond motifs is 1. The number of alkyl halides is 3. The molecule has 0 aliphatic carbocycles. The molecule has 0 spiro atoms. The Morgan fingerprint density at radius 3 is 2.51 bits per heavy atom. The molecule has 0 fully saturated rings. The van der Waals surface area contributed by atoms with E-state index in [2.05, 4.69) is 5.32 Å². The van der Waals surface area contributed by atoms with Gasteiger partial charge in [0.05, 0.1) is 13.7 Å². The molecule has 0 aliphatic heterocycles. The summed E-state index contributed by atoms with van der Waals surface area (Å²) in [5.41, 5.74) is 0.292. The van der Waals surface area contributed by atoms with Crippen LogP contribution in [0.3, 0.4) is 0 Å². The number of aromatic nitrogens is 1. The first-order valence-electron chi connectivity index (χ1n) is 11.0. The summed E-state index contributed by atoms with van der Waals surface area (Å²) in [4.78, 5) is 26.0. The Kier molecular flexibility index (Phi) is 7.61. The standard InChI is InChI=1S/C26H20F3N3O4S/c1-35-17-9-10-19-20(12-17)23(16-6-3-2-4-7-16)21(13-30)32(24(19)33)15-22(36-25(34)26(27,28)29)31-14-18-8-5-11-37-18/h2-12,22,31H,14-15H2,1H3. The van der Waals surface area contributed by atoms with E-state index in [-0.39, 0.29) is 17.6 Å². The number of hydrogen-bond acceptors (Lipinski definition) is 7. The van der Waals surface area contributed by atoms with E-state index in [1.807, 2.05) is 6.07 Å². The third kappa shape index (κ3) is 5.66. The Morgan fingerprint density at radius 1 is 1.14 bits per heavy atom. The molecule has 37 heavy (non-hydrogen) atoms. The van der Waals surface area contributed by atoms with Crippen molar-refractivity contribution >= 4 is 28.1 Å². The highest BCUT2D eigenvalue weighted by atomic mass is 32.1. The second kappa shape index (κ2) is 10.9. The fourth-order valence-corrected chi connectivity index (χ4v) is 4.53. The van der Waals surface area contributed by atoms with E-state index in [4.69, 9.17) is 9.47 Å². The van der Waals surface area contributed by atoms with Gasteiger partial charge >= 0.3 is 12.1 Å². The van der Waals surface area contributed by atoms with Gasteiger partial charge in [-0.2, -0.15) is 18.4 Å². The van der Waals surface area contributed by atoms with Crippen LogP contribution in [-0.2, 0) is 22.6 Å². The molecular formula is C26H20F3N3O4S. The summed E-state index contributed by atoms with van der Waals surface area (Å²) in [7, 11) is 1.47. The Hall–Kier alpha value is -4.14. The van der Waals surface area contributed by atoms with E-state index in [0.29, 0.717) is 22.3 Å². The number of nitrogens with one attached hydrogen (secondary N) is 1. The summed E-state index contributed by atoms with van der Waals surface area (Å²) < 4.78 is 50.1. The van der Waals surface area contributed by atoms with Crippen molar-refractivity contribution in [2.24, 2.45) is 0 Å². The molecule has 0 amide bonds. The second-order valence-electron chi connectivity index (χ2n) is 7.88. The number of nitrogens with zero attached hydrogens (tertiary/aromatic N) is 2. The second-order valence-corrected chi connectivity index (χ2v) is 8.91. The zero-order valence-corrected chi connectivity index (χ0v) is 20.2. The smallest absolute Gasteiger partial charge is 0.490 e. The molecule has 4 aromatic rings. The minimum atomic E-state index is -5.24. The average molecular weight is 528 g/mol. The molecule has 2 heterocycles. The summed E-state index contributed by atoms with van der Waals surface area (Å²) >= 11 is 1.35. The van der Waals surface area contributed by atoms with Crippen LogP contribution in [-0.4, -0.2) is 30.1 Å². The third-order valence-electron chi connectivity index (χ3n) is 5.56. The van der Waals surface area contributed by atoms with Gasteiger partial charge in [0.15, 0.2) is 6.23 Å². The number of methoxy groups -OCH3 is 1. The van der Waals surface area contributed by atoms with Gasteiger partial charge in [-0.05, 0) is 35.2 Å². The molecule has 0 radical (unpaired) electrons. The maximum Gasteiger partial charge on any atom is 0.490 e. The monoisotopic (exact) mass is 527 g/mol. The molecule has 2 aromatic carbocycles. The molecular weight excluding hydrogens is 507 g/mol. The number of carbonyl (C=O) groups is 1. The van der Waals surface area contributed by atoms with Gasteiger partial charge < -0.3 is 9.47 Å². The van der Waals surface area contributed by atoms with Crippen LogP contribution < -0.4 is 15.6 Å². The van der Waals surface area contributed by atoms with E-state index in [0.717, 1.165) is 9.44 Å². The van der Waals surface area contributed by atoms with E-state index >= 15 is 0 Å². The van der Waals surface area contributed by atoms with Crippen molar-refractivity contribution < 1.29 is 27.4 Å². The molecule has 7 nitrogen and oxygen atoms in total. The van der Waals surface area contributed by atoms with Crippen molar-refractivity contribution in [3.05, 3.63) is 87.0 Å². The Bertz CT molecular complexity index is 1510. The van der Waals surface area contributed by atoms with Gasteiger partial charge in [0.1, 0.15) is 17.5 Å². The molecule has 2 aromatic heterocycles. The van der Waals surface area contributed by atoms with Gasteiger partial charge in [-0.3, -0.25) is 14.7 Å². The number of esters is 1. The van der Waals surface area contributed by atoms with Crippen molar-refractivity contribution in [1.82, 2.24) is 9.88 Å². The fraction of sp³-hybridized carbons (Fsp3) is 0.192. The van der Waals surface area contributed by atoms with Crippen LogP contribution in [0.1, 0.15) is 10.6 Å². The summed E-state index contributed by atoms with van der Waals surface area (Å²) in [5, 5.41) is 15.3. The fourth-order valence-electron chi connectivity index (χ4n) is 3.87. The number of rotatable bonds is 8. The number of benzene rings is 2. The average Bonchev–Trinajstić information content (AvgIpc) is 3.41. The van der Waals surface area contributed by atoms with Crippen molar-refractivity contribution in [1.29, 1.82) is 5.26 Å². The lowest BCUT2D eigenvalue weighted by Gasteiger charge is -2.23. The molecule has 4 rings (SSSR count). The van der Waals surface area contributed by atoms with Crippen LogP contribution in [0.2, 0.25) is 0 Å². The topological polar surface area (TPSA) is 93.3 Å². The molecule has 1 N–H and O–H groups in total. The Labute approximate surface area is 213 Å². The molecule has 0 saturated carbocycles. The molecule has 11 heteroatoms. The highest BCUT2D eigenvalue weighted by molar-refractivity contribution is 7.09. The molecule has 1 unspecified atom stereocenters. The number of carbonyl (C=O) groups excluding carboxylic acids is 1. The van der Waals surface area contributed by atoms with Gasteiger partial charge in [0.25, 0.3) is 5.56 Å². The van der Waals surface area contributed by atoms with Crippen LogP contribution >= 0.6 is 11.3 Å². The van der Waals surface area contributed by atoms with E-state index in [9.17, 15) is 28.0 Å². The first kappa shape index (κ1) is 25.9. The lowest BCUT2D eigenvalue weighted by Crippen LogP contribution is -2.43. The molecule has 190 valence electrons. The van der Waals surface area contributed by atoms with Crippen molar-refractivity contribution in [2.75, 3.05) is 7.11 Å². The molecule has 0 aliphatic rings. The van der Waals surface area contributed by atoms with Crippen molar-refractivity contribution in [3.8, 4) is 22.9 Å². The van der Waals surface area contributed by atoms with E-state index in [1.165, 1.54) is 24.5 Å². The molecule has 0 bridgehead atoms. The predicted molar refractivity (Wildman–Crippen MR) is 132 cm³/mol. The number of hydrogen-bond donors (Lipinski definition) is 1. The number of pyridine rings is 1. The highest BCUT2D eigenvalue weighted by Crippen LogP contribution is 2.33. The Morgan fingerprint density at radius 2 is 1.89 bits per heavy atom. The van der Waals surface area contributed by atoms with Crippen molar-refractivity contribution in [3.63, 3.8) is 0 Å². The van der Waals surface area contributed by atoms with Crippen LogP contribution in [0, 0.1) is 11.3 Å². The van der Waals surface area contributed by atoms with E-state index < -0.39 is 30.5 Å². The van der Waals surface area contributed by atoms with Gasteiger partial charge in [-0.15, -0.1) is 11.3 Å². The number of nitriles is 1. The zero-order chi connectivity index (χ0) is 26.6. The maximum atomic E-state index is 13.5. The first-order valence-corrected chi connectivity index (χ1v) is 11.8. The van der Waals surface area contributed by atoms with Gasteiger partial charge in [0.2, 0.25) is 0 Å². The third-order valence-corrected chi connectivity index (χ3v) is 6.44. The van der Waals surface area contributed by atoms with Gasteiger partial charge in [-0.1, -0.05) is 36.4 Å². The maximum absolute atomic E-state index is 13.5. The van der Waals surface area contributed by atoms with Gasteiger partial charge in [-0.25, -0.2) is 4.79 Å². The summed E-state index contributed by atoms with van der Waals surface area (Å²) in [6, 6.07) is 19.1. The summed E-state index contributed by atoms with van der Waals surface area (Å²) in [5.74, 6) is -1.95. The molecule has 0 saturated heterocycles. The normalized spacial score (nSPS) is 12.2.